The molecule has 0 radical (unpaired) electrons. The van der Waals surface area contributed by atoms with E-state index in [0.717, 1.165) is 5.33 Å². The van der Waals surface area contributed by atoms with Crippen LogP contribution in [0, 0.1) is 17.7 Å². The summed E-state index contributed by atoms with van der Waals surface area (Å²) in [7, 11) is 0. The van der Waals surface area contributed by atoms with Gasteiger partial charge in [-0.2, -0.15) is 0 Å². The molecule has 0 unspecified atom stereocenters. The van der Waals surface area contributed by atoms with Crippen LogP contribution in [0.1, 0.15) is 12.0 Å². The molecule has 1 rings (SSSR count). The Kier molecular flexibility index (Phi) is 4.74. The number of rotatable bonds is 1. The highest BCUT2D eigenvalue weighted by Gasteiger charge is 2.05. The molecule has 0 aliphatic heterocycles. The van der Waals surface area contributed by atoms with E-state index in [-0.39, 0.29) is 5.02 Å². The first-order valence-corrected chi connectivity index (χ1v) is 5.72. The number of alkyl halides is 1. The van der Waals surface area contributed by atoms with Gasteiger partial charge in [-0.25, -0.2) is 4.39 Å². The van der Waals surface area contributed by atoms with Crippen molar-refractivity contribution < 1.29 is 4.39 Å². The Morgan fingerprint density at radius 2 is 2.07 bits per heavy atom. The minimum atomic E-state index is -0.540. The quantitative estimate of drug-likeness (QED) is 0.412. The second kappa shape index (κ2) is 5.60. The van der Waals surface area contributed by atoms with Gasteiger partial charge in [0.25, 0.3) is 0 Å². The average Bonchev–Trinajstić information content (AvgIpc) is 2.13. The molecule has 0 nitrogen and oxygen atoms in total. The zero-order valence-corrected chi connectivity index (χ0v) is 10.2. The van der Waals surface area contributed by atoms with E-state index >= 15 is 0 Å². The fraction of sp³-hybridized carbons (Fsp3) is 0.200. The Bertz CT molecular complexity index is 393. The molecule has 0 saturated carbocycles. The molecule has 74 valence electrons. The molecule has 0 saturated heterocycles. The van der Waals surface area contributed by atoms with Gasteiger partial charge in [-0.15, -0.1) is 0 Å². The van der Waals surface area contributed by atoms with Crippen LogP contribution in [-0.4, -0.2) is 5.33 Å². The van der Waals surface area contributed by atoms with E-state index in [4.69, 9.17) is 23.2 Å². The molecule has 4 heteroatoms. The third-order valence-corrected chi connectivity index (χ3v) is 2.43. The highest BCUT2D eigenvalue weighted by Crippen LogP contribution is 2.23. The summed E-state index contributed by atoms with van der Waals surface area (Å²) in [5.41, 5.74) is 0.428. The van der Waals surface area contributed by atoms with Crippen molar-refractivity contribution in [3.63, 3.8) is 0 Å². The van der Waals surface area contributed by atoms with Gasteiger partial charge in [-0.1, -0.05) is 51.0 Å². The standard InChI is InChI=1S/C10H6BrCl2F/c11-4-2-1-3-7-5-8(12)6-9(14)10(7)13/h5-6H,2,4H2. The lowest BCUT2D eigenvalue weighted by Crippen LogP contribution is -1.83. The number of hydrogen-bond donors (Lipinski definition) is 0. The lowest BCUT2D eigenvalue weighted by atomic mass is 10.2. The van der Waals surface area contributed by atoms with E-state index < -0.39 is 5.82 Å². The summed E-state index contributed by atoms with van der Waals surface area (Å²) < 4.78 is 13.1. The minimum Gasteiger partial charge on any atom is -0.205 e. The molecule has 1 aromatic carbocycles. The second-order valence-corrected chi connectivity index (χ2v) is 4.10. The normalized spacial score (nSPS) is 9.43. The smallest absolute Gasteiger partial charge is 0.144 e. The molecule has 0 spiro atoms. The highest BCUT2D eigenvalue weighted by molar-refractivity contribution is 9.09. The van der Waals surface area contributed by atoms with Gasteiger partial charge in [-0.3, -0.25) is 0 Å². The van der Waals surface area contributed by atoms with E-state index in [1.807, 2.05) is 0 Å². The predicted octanol–water partition coefficient (Wildman–Crippen LogP) is 4.27. The van der Waals surface area contributed by atoms with Crippen molar-refractivity contribution in [2.24, 2.45) is 0 Å². The van der Waals surface area contributed by atoms with Crippen LogP contribution < -0.4 is 0 Å². The molecular formula is C10H6BrCl2F. The molecule has 0 bridgehead atoms. The van der Waals surface area contributed by atoms with E-state index in [0.29, 0.717) is 17.0 Å². The van der Waals surface area contributed by atoms with Crippen LogP contribution in [0.5, 0.6) is 0 Å². The molecule has 0 fully saturated rings. The van der Waals surface area contributed by atoms with Gasteiger partial charge in [0.2, 0.25) is 0 Å². The Hall–Kier alpha value is -0.230. The Morgan fingerprint density at radius 3 is 2.71 bits per heavy atom. The third-order valence-electron chi connectivity index (χ3n) is 1.44. The van der Waals surface area contributed by atoms with Crippen LogP contribution in [0.15, 0.2) is 12.1 Å². The molecule has 1 aromatic rings. The molecule has 0 aromatic heterocycles. The van der Waals surface area contributed by atoms with Gasteiger partial charge >= 0.3 is 0 Å². The molecule has 14 heavy (non-hydrogen) atoms. The van der Waals surface area contributed by atoms with Crippen molar-refractivity contribution in [3.8, 4) is 11.8 Å². The first kappa shape index (κ1) is 11.8. The van der Waals surface area contributed by atoms with Crippen LogP contribution in [-0.2, 0) is 0 Å². The summed E-state index contributed by atoms with van der Waals surface area (Å²) in [6.45, 7) is 0. The van der Waals surface area contributed by atoms with Gasteiger partial charge in [0.15, 0.2) is 0 Å². The van der Waals surface area contributed by atoms with E-state index in [9.17, 15) is 4.39 Å². The third kappa shape index (κ3) is 3.16. The fourth-order valence-electron chi connectivity index (χ4n) is 0.852. The zero-order chi connectivity index (χ0) is 10.6. The average molecular weight is 296 g/mol. The molecule has 0 heterocycles. The first-order chi connectivity index (χ1) is 6.65. The van der Waals surface area contributed by atoms with Crippen LogP contribution in [0.2, 0.25) is 10.0 Å². The van der Waals surface area contributed by atoms with Crippen molar-refractivity contribution in [3.05, 3.63) is 33.6 Å². The van der Waals surface area contributed by atoms with Crippen LogP contribution in [0.3, 0.4) is 0 Å². The summed E-state index contributed by atoms with van der Waals surface area (Å²) in [4.78, 5) is 0. The predicted molar refractivity (Wildman–Crippen MR) is 61.7 cm³/mol. The van der Waals surface area contributed by atoms with Gasteiger partial charge in [-0.05, 0) is 12.1 Å². The summed E-state index contributed by atoms with van der Waals surface area (Å²) in [5.74, 6) is 5.06. The molecule has 0 N–H and O–H groups in total. The Morgan fingerprint density at radius 1 is 1.36 bits per heavy atom. The van der Waals surface area contributed by atoms with Gasteiger partial charge in [0.05, 0.1) is 5.02 Å². The van der Waals surface area contributed by atoms with Crippen molar-refractivity contribution in [1.82, 2.24) is 0 Å². The second-order valence-electron chi connectivity index (χ2n) is 2.49. The van der Waals surface area contributed by atoms with Gasteiger partial charge < -0.3 is 0 Å². The zero-order valence-electron chi connectivity index (χ0n) is 7.08. The van der Waals surface area contributed by atoms with Crippen LogP contribution in [0.4, 0.5) is 4.39 Å². The SMILES string of the molecule is Fc1cc(Cl)cc(C#CCCBr)c1Cl. The van der Waals surface area contributed by atoms with Gasteiger partial charge in [0.1, 0.15) is 5.82 Å². The molecule has 0 amide bonds. The van der Waals surface area contributed by atoms with Crippen molar-refractivity contribution in [2.75, 3.05) is 5.33 Å². The summed E-state index contributed by atoms with van der Waals surface area (Å²) in [6, 6.07) is 2.72. The number of benzene rings is 1. The molecule has 0 atom stereocenters. The lowest BCUT2D eigenvalue weighted by Gasteiger charge is -1.98. The summed E-state index contributed by atoms with van der Waals surface area (Å²) >= 11 is 14.6. The molecule has 0 aliphatic rings. The molecular weight excluding hydrogens is 290 g/mol. The van der Waals surface area contributed by atoms with Crippen LogP contribution in [0.25, 0.3) is 0 Å². The highest BCUT2D eigenvalue weighted by atomic mass is 79.9. The maximum Gasteiger partial charge on any atom is 0.144 e. The van der Waals surface area contributed by atoms with Crippen molar-refractivity contribution in [1.29, 1.82) is 0 Å². The maximum atomic E-state index is 13.1. The minimum absolute atomic E-state index is 0.0245. The van der Waals surface area contributed by atoms with Gasteiger partial charge in [0, 0.05) is 22.3 Å². The van der Waals surface area contributed by atoms with E-state index in [1.165, 1.54) is 6.07 Å². The maximum absolute atomic E-state index is 13.1. The molecule has 0 aliphatic carbocycles. The number of hydrogen-bond acceptors (Lipinski definition) is 0. The summed E-state index contributed by atoms with van der Waals surface area (Å²) in [5, 5.41) is 1.10. The lowest BCUT2D eigenvalue weighted by molar-refractivity contribution is 0.628. The topological polar surface area (TPSA) is 0 Å². The Balaban J connectivity index is 3.04. The van der Waals surface area contributed by atoms with E-state index in [2.05, 4.69) is 27.8 Å². The fourth-order valence-corrected chi connectivity index (χ4v) is 1.41. The van der Waals surface area contributed by atoms with Crippen molar-refractivity contribution >= 4 is 39.1 Å². The van der Waals surface area contributed by atoms with Crippen molar-refractivity contribution in [2.45, 2.75) is 6.42 Å². The largest absolute Gasteiger partial charge is 0.205 e. The summed E-state index contributed by atoms with van der Waals surface area (Å²) in [6.07, 6.45) is 0.685. The first-order valence-electron chi connectivity index (χ1n) is 3.84. The Labute approximate surface area is 101 Å². The van der Waals surface area contributed by atoms with E-state index in [1.54, 1.807) is 6.07 Å². The van der Waals surface area contributed by atoms with Crippen LogP contribution >= 0.6 is 39.1 Å². The monoisotopic (exact) mass is 294 g/mol. The number of halogens is 4.